The molecule has 1 aromatic heterocycles. The van der Waals surface area contributed by atoms with Gasteiger partial charge in [0.2, 0.25) is 0 Å². The minimum Gasteiger partial charge on any atom is -0.392 e. The summed E-state index contributed by atoms with van der Waals surface area (Å²) < 4.78 is 0. The molecule has 1 aliphatic rings. The van der Waals surface area contributed by atoms with Crippen LogP contribution in [0.2, 0.25) is 5.02 Å². The van der Waals surface area contributed by atoms with E-state index in [4.69, 9.17) is 11.6 Å². The Morgan fingerprint density at radius 3 is 3.00 bits per heavy atom. The van der Waals surface area contributed by atoms with Gasteiger partial charge in [0.15, 0.2) is 0 Å². The Morgan fingerprint density at radius 2 is 2.38 bits per heavy atom. The van der Waals surface area contributed by atoms with Crippen LogP contribution in [0.4, 0.5) is 0 Å². The topological polar surface area (TPSA) is 33.1 Å². The minimum absolute atomic E-state index is 0.257. The molecule has 0 spiro atoms. The summed E-state index contributed by atoms with van der Waals surface area (Å²) in [4.78, 5) is 4.14. The Hall–Kier alpha value is -0.600. The van der Waals surface area contributed by atoms with E-state index in [1.54, 1.807) is 12.3 Å². The van der Waals surface area contributed by atoms with Gasteiger partial charge >= 0.3 is 0 Å². The zero-order chi connectivity index (χ0) is 9.26. The number of aliphatic hydroxyl groups excluding tert-OH is 1. The van der Waals surface area contributed by atoms with E-state index in [0.717, 1.165) is 18.5 Å². The zero-order valence-electron chi connectivity index (χ0n) is 7.28. The maximum atomic E-state index is 9.67. The molecule has 0 radical (unpaired) electrons. The van der Waals surface area contributed by atoms with Crippen molar-refractivity contribution < 1.29 is 5.11 Å². The van der Waals surface area contributed by atoms with E-state index in [0.29, 0.717) is 17.4 Å². The summed E-state index contributed by atoms with van der Waals surface area (Å²) in [6, 6.07) is 3.61. The first-order valence-corrected chi connectivity index (χ1v) is 4.92. The molecule has 1 aliphatic carbocycles. The fourth-order valence-corrected chi connectivity index (χ4v) is 1.61. The van der Waals surface area contributed by atoms with E-state index in [2.05, 4.69) is 4.98 Å². The Labute approximate surface area is 82.6 Å². The van der Waals surface area contributed by atoms with E-state index in [1.165, 1.54) is 0 Å². The van der Waals surface area contributed by atoms with Crippen molar-refractivity contribution in [3.8, 4) is 0 Å². The summed E-state index contributed by atoms with van der Waals surface area (Å²) in [5, 5.41) is 10.3. The SMILES string of the molecule is OC(Cc1ncccc1Cl)C1CC1. The maximum Gasteiger partial charge on any atom is 0.0624 e. The van der Waals surface area contributed by atoms with Gasteiger partial charge in [-0.1, -0.05) is 11.6 Å². The lowest BCUT2D eigenvalue weighted by Crippen LogP contribution is -2.13. The molecule has 1 atom stereocenters. The number of hydrogen-bond donors (Lipinski definition) is 1. The van der Waals surface area contributed by atoms with Gasteiger partial charge in [0.25, 0.3) is 0 Å². The number of rotatable bonds is 3. The monoisotopic (exact) mass is 197 g/mol. The minimum atomic E-state index is -0.257. The third-order valence-corrected chi connectivity index (χ3v) is 2.75. The summed E-state index contributed by atoms with van der Waals surface area (Å²) in [6.45, 7) is 0. The Kier molecular flexibility index (Phi) is 2.51. The van der Waals surface area contributed by atoms with Crippen LogP contribution in [0.3, 0.4) is 0 Å². The third kappa shape index (κ3) is 2.20. The number of aromatic nitrogens is 1. The van der Waals surface area contributed by atoms with E-state index < -0.39 is 0 Å². The van der Waals surface area contributed by atoms with Gasteiger partial charge < -0.3 is 5.11 Å². The molecule has 1 N–H and O–H groups in total. The second-order valence-corrected chi connectivity index (χ2v) is 3.95. The molecule has 2 rings (SSSR count). The standard InChI is InChI=1S/C10H12ClNO/c11-8-2-1-5-12-9(8)6-10(13)7-3-4-7/h1-2,5,7,10,13H,3-4,6H2. The van der Waals surface area contributed by atoms with Crippen LogP contribution in [0, 0.1) is 5.92 Å². The van der Waals surface area contributed by atoms with Crippen molar-refractivity contribution in [1.82, 2.24) is 4.98 Å². The molecule has 1 fully saturated rings. The molecule has 2 nitrogen and oxygen atoms in total. The van der Waals surface area contributed by atoms with Crippen LogP contribution in [-0.2, 0) is 6.42 Å². The molecule has 1 heterocycles. The number of halogens is 1. The highest BCUT2D eigenvalue weighted by atomic mass is 35.5. The van der Waals surface area contributed by atoms with Crippen molar-refractivity contribution in [2.45, 2.75) is 25.4 Å². The predicted molar refractivity (Wildman–Crippen MR) is 51.7 cm³/mol. The first kappa shape index (κ1) is 8.97. The van der Waals surface area contributed by atoms with Gasteiger partial charge in [-0.25, -0.2) is 0 Å². The first-order chi connectivity index (χ1) is 6.27. The maximum absolute atomic E-state index is 9.67. The molecule has 0 saturated heterocycles. The van der Waals surface area contributed by atoms with Crippen LogP contribution in [-0.4, -0.2) is 16.2 Å². The zero-order valence-corrected chi connectivity index (χ0v) is 8.04. The van der Waals surface area contributed by atoms with Gasteiger partial charge in [-0.3, -0.25) is 4.98 Å². The normalized spacial score (nSPS) is 18.6. The first-order valence-electron chi connectivity index (χ1n) is 4.55. The van der Waals surface area contributed by atoms with Crippen LogP contribution in [0.5, 0.6) is 0 Å². The molecular formula is C10H12ClNO. The Balaban J connectivity index is 2.03. The molecule has 1 aromatic rings. The van der Waals surface area contributed by atoms with Crippen LogP contribution >= 0.6 is 11.6 Å². The highest BCUT2D eigenvalue weighted by molar-refractivity contribution is 6.31. The summed E-state index contributed by atoms with van der Waals surface area (Å²) in [6.07, 6.45) is 4.33. The fourth-order valence-electron chi connectivity index (χ4n) is 1.41. The van der Waals surface area contributed by atoms with Crippen molar-refractivity contribution in [2.75, 3.05) is 0 Å². The van der Waals surface area contributed by atoms with E-state index in [1.807, 2.05) is 6.07 Å². The summed E-state index contributed by atoms with van der Waals surface area (Å²) in [7, 11) is 0. The number of pyridine rings is 1. The molecule has 70 valence electrons. The molecule has 13 heavy (non-hydrogen) atoms. The highest BCUT2D eigenvalue weighted by Crippen LogP contribution is 2.34. The second kappa shape index (κ2) is 3.64. The molecule has 0 aliphatic heterocycles. The van der Waals surface area contributed by atoms with Gasteiger partial charge in [-0.2, -0.15) is 0 Å². The van der Waals surface area contributed by atoms with E-state index in [9.17, 15) is 5.11 Å². The number of hydrogen-bond acceptors (Lipinski definition) is 2. The second-order valence-electron chi connectivity index (χ2n) is 3.54. The summed E-state index contributed by atoms with van der Waals surface area (Å²) in [5.41, 5.74) is 0.809. The largest absolute Gasteiger partial charge is 0.392 e. The fraction of sp³-hybridized carbons (Fsp3) is 0.500. The summed E-state index contributed by atoms with van der Waals surface area (Å²) in [5.74, 6) is 0.484. The molecule has 0 aromatic carbocycles. The smallest absolute Gasteiger partial charge is 0.0624 e. The Morgan fingerprint density at radius 1 is 1.62 bits per heavy atom. The predicted octanol–water partition coefficient (Wildman–Crippen LogP) is 2.05. The molecule has 1 unspecified atom stereocenters. The van der Waals surface area contributed by atoms with Crippen LogP contribution in [0.1, 0.15) is 18.5 Å². The Bertz CT molecular complexity index is 299. The highest BCUT2D eigenvalue weighted by Gasteiger charge is 2.30. The lowest BCUT2D eigenvalue weighted by molar-refractivity contribution is 0.150. The van der Waals surface area contributed by atoms with Gasteiger partial charge in [0.1, 0.15) is 0 Å². The molecule has 1 saturated carbocycles. The summed E-state index contributed by atoms with van der Waals surface area (Å²) >= 11 is 5.92. The lowest BCUT2D eigenvalue weighted by Gasteiger charge is -2.08. The van der Waals surface area contributed by atoms with E-state index >= 15 is 0 Å². The van der Waals surface area contributed by atoms with Gasteiger partial charge in [-0.05, 0) is 30.9 Å². The van der Waals surface area contributed by atoms with Gasteiger partial charge in [0.05, 0.1) is 16.8 Å². The van der Waals surface area contributed by atoms with Gasteiger partial charge in [-0.15, -0.1) is 0 Å². The molecular weight excluding hydrogens is 186 g/mol. The van der Waals surface area contributed by atoms with Crippen molar-refractivity contribution >= 4 is 11.6 Å². The van der Waals surface area contributed by atoms with Gasteiger partial charge in [0, 0.05) is 12.6 Å². The van der Waals surface area contributed by atoms with Crippen molar-refractivity contribution in [2.24, 2.45) is 5.92 Å². The molecule has 3 heteroatoms. The van der Waals surface area contributed by atoms with Crippen LogP contribution in [0.25, 0.3) is 0 Å². The van der Waals surface area contributed by atoms with Crippen molar-refractivity contribution in [3.63, 3.8) is 0 Å². The number of nitrogens with zero attached hydrogens (tertiary/aromatic N) is 1. The average molecular weight is 198 g/mol. The van der Waals surface area contributed by atoms with Crippen LogP contribution < -0.4 is 0 Å². The average Bonchev–Trinajstić information content (AvgIpc) is 2.91. The van der Waals surface area contributed by atoms with E-state index in [-0.39, 0.29) is 6.10 Å². The lowest BCUT2D eigenvalue weighted by atomic mass is 10.1. The quantitative estimate of drug-likeness (QED) is 0.805. The molecule has 0 bridgehead atoms. The molecule has 0 amide bonds. The number of aliphatic hydroxyl groups is 1. The van der Waals surface area contributed by atoms with Crippen molar-refractivity contribution in [1.29, 1.82) is 0 Å². The van der Waals surface area contributed by atoms with Crippen LogP contribution in [0.15, 0.2) is 18.3 Å². The van der Waals surface area contributed by atoms with Crippen molar-refractivity contribution in [3.05, 3.63) is 29.0 Å². The third-order valence-electron chi connectivity index (χ3n) is 2.40.